The third kappa shape index (κ3) is 4.57. The Hall–Kier alpha value is -0.620. The highest BCUT2D eigenvalue weighted by Gasteiger charge is 2.14. The first-order valence-corrected chi connectivity index (χ1v) is 7.01. The third-order valence-corrected chi connectivity index (χ3v) is 3.49. The second-order valence-corrected chi connectivity index (χ2v) is 5.37. The standard InChI is InChI=1S/C13H19BrN2O2/c14-11-1-3-12(4-2-11)15-9-13(17)10-16-5-7-18-8-6-16/h1-4,13,15,17H,5-10H2. The third-order valence-electron chi connectivity index (χ3n) is 2.96. The van der Waals surface area contributed by atoms with Gasteiger partial charge in [-0.2, -0.15) is 0 Å². The maximum atomic E-state index is 9.96. The van der Waals surface area contributed by atoms with Crippen LogP contribution in [0.3, 0.4) is 0 Å². The fraction of sp³-hybridized carbons (Fsp3) is 0.538. The van der Waals surface area contributed by atoms with Gasteiger partial charge in [0.15, 0.2) is 0 Å². The Kier molecular flexibility index (Phi) is 5.44. The minimum absolute atomic E-state index is 0.355. The maximum absolute atomic E-state index is 9.96. The summed E-state index contributed by atoms with van der Waals surface area (Å²) in [5.74, 6) is 0. The molecular weight excluding hydrogens is 296 g/mol. The predicted octanol–water partition coefficient (Wildman–Crippen LogP) is 1.55. The molecule has 5 heteroatoms. The molecule has 0 radical (unpaired) electrons. The molecule has 100 valence electrons. The fourth-order valence-electron chi connectivity index (χ4n) is 1.95. The van der Waals surface area contributed by atoms with Crippen molar-refractivity contribution in [1.82, 2.24) is 4.90 Å². The Labute approximate surface area is 116 Å². The molecule has 18 heavy (non-hydrogen) atoms. The molecule has 1 aliphatic rings. The number of rotatable bonds is 5. The molecule has 1 saturated heterocycles. The van der Waals surface area contributed by atoms with E-state index in [1.54, 1.807) is 0 Å². The fourth-order valence-corrected chi connectivity index (χ4v) is 2.21. The number of morpholine rings is 1. The first-order valence-electron chi connectivity index (χ1n) is 6.21. The molecule has 0 spiro atoms. The van der Waals surface area contributed by atoms with Gasteiger partial charge in [-0.05, 0) is 24.3 Å². The number of halogens is 1. The Morgan fingerprint density at radius 1 is 1.28 bits per heavy atom. The summed E-state index contributed by atoms with van der Waals surface area (Å²) in [7, 11) is 0. The van der Waals surface area contributed by atoms with E-state index >= 15 is 0 Å². The lowest BCUT2D eigenvalue weighted by atomic mass is 10.2. The van der Waals surface area contributed by atoms with E-state index < -0.39 is 0 Å². The lowest BCUT2D eigenvalue weighted by molar-refractivity contribution is 0.0171. The van der Waals surface area contributed by atoms with Crippen LogP contribution in [0.25, 0.3) is 0 Å². The van der Waals surface area contributed by atoms with E-state index in [2.05, 4.69) is 26.1 Å². The predicted molar refractivity (Wildman–Crippen MR) is 75.9 cm³/mol. The van der Waals surface area contributed by atoms with Crippen molar-refractivity contribution in [2.45, 2.75) is 6.10 Å². The van der Waals surface area contributed by atoms with Crippen molar-refractivity contribution in [1.29, 1.82) is 0 Å². The van der Waals surface area contributed by atoms with Gasteiger partial charge in [0.1, 0.15) is 0 Å². The zero-order chi connectivity index (χ0) is 12.8. The van der Waals surface area contributed by atoms with Crippen LogP contribution in [-0.4, -0.2) is 55.5 Å². The first kappa shape index (κ1) is 13.8. The van der Waals surface area contributed by atoms with Gasteiger partial charge in [-0.1, -0.05) is 15.9 Å². The molecule has 1 aliphatic heterocycles. The van der Waals surface area contributed by atoms with Crippen LogP contribution in [0.2, 0.25) is 0 Å². The quantitative estimate of drug-likeness (QED) is 0.865. The first-order chi connectivity index (χ1) is 8.74. The van der Waals surface area contributed by atoms with Crippen molar-refractivity contribution < 1.29 is 9.84 Å². The zero-order valence-electron chi connectivity index (χ0n) is 10.3. The molecule has 0 saturated carbocycles. The number of nitrogens with zero attached hydrogens (tertiary/aromatic N) is 1. The molecule has 1 aromatic rings. The molecule has 1 heterocycles. The summed E-state index contributed by atoms with van der Waals surface area (Å²) in [6, 6.07) is 7.95. The highest BCUT2D eigenvalue weighted by atomic mass is 79.9. The summed E-state index contributed by atoms with van der Waals surface area (Å²) in [5, 5.41) is 13.2. The summed E-state index contributed by atoms with van der Waals surface area (Å²) in [6.07, 6.45) is -0.355. The topological polar surface area (TPSA) is 44.7 Å². The van der Waals surface area contributed by atoms with Gasteiger partial charge in [0.2, 0.25) is 0 Å². The van der Waals surface area contributed by atoms with Gasteiger partial charge in [-0.15, -0.1) is 0 Å². The number of benzene rings is 1. The number of nitrogens with one attached hydrogen (secondary N) is 1. The van der Waals surface area contributed by atoms with Gasteiger partial charge in [0.05, 0.1) is 19.3 Å². The van der Waals surface area contributed by atoms with Crippen LogP contribution in [0.5, 0.6) is 0 Å². The van der Waals surface area contributed by atoms with E-state index in [4.69, 9.17) is 4.74 Å². The van der Waals surface area contributed by atoms with E-state index in [1.165, 1.54) is 0 Å². The highest BCUT2D eigenvalue weighted by molar-refractivity contribution is 9.10. The molecule has 1 atom stereocenters. The maximum Gasteiger partial charge on any atom is 0.0839 e. The summed E-state index contributed by atoms with van der Waals surface area (Å²) in [4.78, 5) is 2.23. The molecule has 1 unspecified atom stereocenters. The molecular formula is C13H19BrN2O2. The molecule has 1 aromatic carbocycles. The van der Waals surface area contributed by atoms with E-state index in [0.29, 0.717) is 13.1 Å². The molecule has 0 aromatic heterocycles. The molecule has 2 rings (SSSR count). The number of anilines is 1. The van der Waals surface area contributed by atoms with E-state index in [9.17, 15) is 5.11 Å². The van der Waals surface area contributed by atoms with Crippen LogP contribution in [0.1, 0.15) is 0 Å². The highest BCUT2D eigenvalue weighted by Crippen LogP contribution is 2.14. The lowest BCUT2D eigenvalue weighted by Crippen LogP contribution is -2.42. The van der Waals surface area contributed by atoms with Crippen molar-refractivity contribution in [2.24, 2.45) is 0 Å². The SMILES string of the molecule is OC(CNc1ccc(Br)cc1)CN1CCOCC1. The van der Waals surface area contributed by atoms with E-state index in [0.717, 1.165) is 36.5 Å². The van der Waals surface area contributed by atoms with Gasteiger partial charge in [-0.25, -0.2) is 0 Å². The average Bonchev–Trinajstić information content (AvgIpc) is 2.39. The molecule has 0 amide bonds. The van der Waals surface area contributed by atoms with Crippen molar-refractivity contribution in [3.63, 3.8) is 0 Å². The number of aliphatic hydroxyl groups excluding tert-OH is 1. The number of hydrogen-bond acceptors (Lipinski definition) is 4. The molecule has 4 nitrogen and oxygen atoms in total. The number of ether oxygens (including phenoxy) is 1. The Morgan fingerprint density at radius 3 is 2.61 bits per heavy atom. The van der Waals surface area contributed by atoms with Crippen LogP contribution in [0.4, 0.5) is 5.69 Å². The van der Waals surface area contributed by atoms with Crippen LogP contribution in [0, 0.1) is 0 Å². The minimum atomic E-state index is -0.355. The molecule has 1 fully saturated rings. The monoisotopic (exact) mass is 314 g/mol. The van der Waals surface area contributed by atoms with Gasteiger partial charge in [0.25, 0.3) is 0 Å². The number of hydrogen-bond donors (Lipinski definition) is 2. The summed E-state index contributed by atoms with van der Waals surface area (Å²) >= 11 is 3.40. The number of β-amino-alcohol motifs (C(OH)–C–C–N with tert-alkyl or cyclic N) is 1. The molecule has 0 bridgehead atoms. The minimum Gasteiger partial charge on any atom is -0.390 e. The largest absolute Gasteiger partial charge is 0.390 e. The van der Waals surface area contributed by atoms with Gasteiger partial charge in [-0.3, -0.25) is 4.90 Å². The van der Waals surface area contributed by atoms with Crippen molar-refractivity contribution in [2.75, 3.05) is 44.7 Å². The summed E-state index contributed by atoms with van der Waals surface area (Å²) in [5.41, 5.74) is 1.03. The Bertz CT molecular complexity index is 353. The molecule has 2 N–H and O–H groups in total. The Balaban J connectivity index is 1.70. The zero-order valence-corrected chi connectivity index (χ0v) is 11.9. The second kappa shape index (κ2) is 7.09. The van der Waals surface area contributed by atoms with Crippen LogP contribution < -0.4 is 5.32 Å². The summed E-state index contributed by atoms with van der Waals surface area (Å²) in [6.45, 7) is 4.64. The van der Waals surface area contributed by atoms with Crippen molar-refractivity contribution >= 4 is 21.6 Å². The van der Waals surface area contributed by atoms with Crippen molar-refractivity contribution in [3.05, 3.63) is 28.7 Å². The van der Waals surface area contributed by atoms with Crippen LogP contribution in [-0.2, 0) is 4.74 Å². The van der Waals surface area contributed by atoms with Crippen LogP contribution >= 0.6 is 15.9 Å². The summed E-state index contributed by atoms with van der Waals surface area (Å²) < 4.78 is 6.34. The smallest absolute Gasteiger partial charge is 0.0839 e. The van der Waals surface area contributed by atoms with Gasteiger partial charge in [0, 0.05) is 36.3 Å². The van der Waals surface area contributed by atoms with Gasteiger partial charge >= 0.3 is 0 Å². The van der Waals surface area contributed by atoms with E-state index in [1.807, 2.05) is 24.3 Å². The van der Waals surface area contributed by atoms with E-state index in [-0.39, 0.29) is 6.10 Å². The lowest BCUT2D eigenvalue weighted by Gasteiger charge is -2.28. The van der Waals surface area contributed by atoms with Crippen LogP contribution in [0.15, 0.2) is 28.7 Å². The van der Waals surface area contributed by atoms with Crippen molar-refractivity contribution in [3.8, 4) is 0 Å². The normalized spacial score (nSPS) is 18.6. The second-order valence-electron chi connectivity index (χ2n) is 4.45. The molecule has 0 aliphatic carbocycles. The average molecular weight is 315 g/mol. The Morgan fingerprint density at radius 2 is 1.94 bits per heavy atom. The number of aliphatic hydroxyl groups is 1. The van der Waals surface area contributed by atoms with Gasteiger partial charge < -0.3 is 15.2 Å².